The van der Waals surface area contributed by atoms with Gasteiger partial charge in [0, 0.05) is 11.7 Å². The molecule has 1 aliphatic rings. The molecule has 0 aromatic heterocycles. The van der Waals surface area contributed by atoms with E-state index < -0.39 is 5.97 Å². The fourth-order valence-corrected chi connectivity index (χ4v) is 2.53. The van der Waals surface area contributed by atoms with Crippen molar-refractivity contribution in [1.29, 1.82) is 5.26 Å². The highest BCUT2D eigenvalue weighted by Crippen LogP contribution is 2.24. The van der Waals surface area contributed by atoms with E-state index in [0.717, 1.165) is 12.8 Å². The van der Waals surface area contributed by atoms with Gasteiger partial charge in [-0.3, -0.25) is 4.79 Å². The van der Waals surface area contributed by atoms with Gasteiger partial charge in [0.2, 0.25) is 0 Å². The SMILES string of the molecule is N#Cc1ccc(NC(=O)NC2CCCC(C(=O)O)C2)cc1. The largest absolute Gasteiger partial charge is 0.481 e. The lowest BCUT2D eigenvalue weighted by Gasteiger charge is -2.27. The number of anilines is 1. The molecule has 6 heteroatoms. The Labute approximate surface area is 122 Å². The summed E-state index contributed by atoms with van der Waals surface area (Å²) in [4.78, 5) is 22.9. The molecule has 1 saturated carbocycles. The van der Waals surface area contributed by atoms with Gasteiger partial charge in [-0.25, -0.2) is 4.79 Å². The predicted molar refractivity (Wildman–Crippen MR) is 76.7 cm³/mol. The van der Waals surface area contributed by atoms with Crippen LogP contribution in [0.3, 0.4) is 0 Å². The maximum Gasteiger partial charge on any atom is 0.319 e. The third-order valence-corrected chi connectivity index (χ3v) is 3.63. The van der Waals surface area contributed by atoms with Gasteiger partial charge in [-0.15, -0.1) is 0 Å². The first-order chi connectivity index (χ1) is 10.1. The van der Waals surface area contributed by atoms with Gasteiger partial charge in [-0.05, 0) is 43.5 Å². The zero-order valence-electron chi connectivity index (χ0n) is 11.5. The van der Waals surface area contributed by atoms with E-state index in [0.29, 0.717) is 24.1 Å². The van der Waals surface area contributed by atoms with Crippen LogP contribution in [-0.4, -0.2) is 23.1 Å². The van der Waals surface area contributed by atoms with Crippen molar-refractivity contribution in [2.75, 3.05) is 5.32 Å². The molecule has 110 valence electrons. The van der Waals surface area contributed by atoms with E-state index in [1.807, 2.05) is 6.07 Å². The quantitative estimate of drug-likeness (QED) is 0.793. The second-order valence-electron chi connectivity index (χ2n) is 5.19. The van der Waals surface area contributed by atoms with Crippen LogP contribution in [0, 0.1) is 17.2 Å². The van der Waals surface area contributed by atoms with Crippen LogP contribution in [-0.2, 0) is 4.79 Å². The molecule has 0 saturated heterocycles. The summed E-state index contributed by atoms with van der Waals surface area (Å²) in [6.45, 7) is 0. The Morgan fingerprint density at radius 1 is 1.24 bits per heavy atom. The van der Waals surface area contributed by atoms with Crippen LogP contribution < -0.4 is 10.6 Å². The molecule has 0 spiro atoms. The first-order valence-electron chi connectivity index (χ1n) is 6.89. The van der Waals surface area contributed by atoms with Gasteiger partial charge < -0.3 is 15.7 Å². The standard InChI is InChI=1S/C15H17N3O3/c16-9-10-4-6-12(7-5-10)17-15(21)18-13-3-1-2-11(8-13)14(19)20/h4-7,11,13H,1-3,8H2,(H,19,20)(H2,17,18,21). The van der Waals surface area contributed by atoms with Gasteiger partial charge in [0.05, 0.1) is 17.6 Å². The molecule has 1 aromatic carbocycles. The van der Waals surface area contributed by atoms with Gasteiger partial charge >= 0.3 is 12.0 Å². The Morgan fingerprint density at radius 3 is 2.57 bits per heavy atom. The van der Waals surface area contributed by atoms with Gasteiger partial charge in [-0.2, -0.15) is 5.26 Å². The highest BCUT2D eigenvalue weighted by molar-refractivity contribution is 5.89. The molecule has 3 N–H and O–H groups in total. The Morgan fingerprint density at radius 2 is 1.95 bits per heavy atom. The van der Waals surface area contributed by atoms with E-state index in [1.165, 1.54) is 0 Å². The first kappa shape index (κ1) is 14.9. The van der Waals surface area contributed by atoms with Crippen LogP contribution in [0.2, 0.25) is 0 Å². The predicted octanol–water partition coefficient (Wildman–Crippen LogP) is 2.32. The van der Waals surface area contributed by atoms with Gasteiger partial charge in [0.15, 0.2) is 0 Å². The first-order valence-corrected chi connectivity index (χ1v) is 6.89. The van der Waals surface area contributed by atoms with E-state index in [1.54, 1.807) is 24.3 Å². The average Bonchev–Trinajstić information content (AvgIpc) is 2.48. The molecule has 2 unspecified atom stereocenters. The van der Waals surface area contributed by atoms with Crippen molar-refractivity contribution in [3.8, 4) is 6.07 Å². The van der Waals surface area contributed by atoms with Crippen LogP contribution in [0.25, 0.3) is 0 Å². The number of urea groups is 1. The zero-order valence-corrected chi connectivity index (χ0v) is 11.5. The van der Waals surface area contributed by atoms with Gasteiger partial charge in [-0.1, -0.05) is 6.42 Å². The van der Waals surface area contributed by atoms with Crippen LogP contribution in [0.1, 0.15) is 31.2 Å². The number of hydrogen-bond acceptors (Lipinski definition) is 3. The summed E-state index contributed by atoms with van der Waals surface area (Å²) in [6, 6.07) is 8.09. The third kappa shape index (κ3) is 4.21. The fraction of sp³-hybridized carbons (Fsp3) is 0.400. The number of rotatable bonds is 3. The number of hydrogen-bond donors (Lipinski definition) is 3. The molecule has 6 nitrogen and oxygen atoms in total. The van der Waals surface area contributed by atoms with Crippen molar-refractivity contribution in [3.63, 3.8) is 0 Å². The smallest absolute Gasteiger partial charge is 0.319 e. The molecule has 2 atom stereocenters. The summed E-state index contributed by atoms with van der Waals surface area (Å²) in [5.41, 5.74) is 1.12. The van der Waals surface area contributed by atoms with Crippen molar-refractivity contribution in [2.24, 2.45) is 5.92 Å². The molecule has 0 radical (unpaired) electrons. The van der Waals surface area contributed by atoms with E-state index in [-0.39, 0.29) is 18.0 Å². The number of carboxylic acids is 1. The van der Waals surface area contributed by atoms with Crippen LogP contribution in [0.15, 0.2) is 24.3 Å². The van der Waals surface area contributed by atoms with E-state index in [4.69, 9.17) is 10.4 Å². The monoisotopic (exact) mass is 287 g/mol. The number of nitriles is 1. The number of carbonyl (C=O) groups is 2. The molecule has 2 amide bonds. The minimum absolute atomic E-state index is 0.113. The van der Waals surface area contributed by atoms with Crippen molar-refractivity contribution in [2.45, 2.75) is 31.7 Å². The Hall–Kier alpha value is -2.55. The number of benzene rings is 1. The second kappa shape index (κ2) is 6.75. The lowest BCUT2D eigenvalue weighted by Crippen LogP contribution is -2.42. The van der Waals surface area contributed by atoms with E-state index in [9.17, 15) is 9.59 Å². The maximum absolute atomic E-state index is 11.9. The van der Waals surface area contributed by atoms with Crippen molar-refractivity contribution < 1.29 is 14.7 Å². The van der Waals surface area contributed by atoms with Gasteiger partial charge in [0.1, 0.15) is 0 Å². The normalized spacial score (nSPS) is 21.1. The van der Waals surface area contributed by atoms with Crippen LogP contribution in [0.5, 0.6) is 0 Å². The van der Waals surface area contributed by atoms with Crippen LogP contribution >= 0.6 is 0 Å². The molecule has 1 aliphatic carbocycles. The summed E-state index contributed by atoms with van der Waals surface area (Å²) in [5, 5.41) is 23.2. The third-order valence-electron chi connectivity index (χ3n) is 3.63. The van der Waals surface area contributed by atoms with E-state index in [2.05, 4.69) is 10.6 Å². The number of nitrogens with zero attached hydrogens (tertiary/aromatic N) is 1. The Balaban J connectivity index is 1.86. The van der Waals surface area contributed by atoms with Crippen LogP contribution in [0.4, 0.5) is 10.5 Å². The Kier molecular flexibility index (Phi) is 4.77. The topological polar surface area (TPSA) is 102 Å². The lowest BCUT2D eigenvalue weighted by molar-refractivity contribution is -0.143. The number of nitrogens with one attached hydrogen (secondary N) is 2. The molecular weight excluding hydrogens is 270 g/mol. The minimum Gasteiger partial charge on any atom is -0.481 e. The molecule has 0 heterocycles. The molecule has 1 fully saturated rings. The average molecular weight is 287 g/mol. The summed E-state index contributed by atoms with van der Waals surface area (Å²) < 4.78 is 0. The second-order valence-corrected chi connectivity index (χ2v) is 5.19. The summed E-state index contributed by atoms with van der Waals surface area (Å²) in [6.07, 6.45) is 2.74. The molecule has 0 aliphatic heterocycles. The Bertz CT molecular complexity index is 563. The zero-order chi connectivity index (χ0) is 15.2. The van der Waals surface area contributed by atoms with Crippen molar-refractivity contribution in [1.82, 2.24) is 5.32 Å². The summed E-state index contributed by atoms with van der Waals surface area (Å²) in [5.74, 6) is -1.17. The highest BCUT2D eigenvalue weighted by atomic mass is 16.4. The molecule has 2 rings (SSSR count). The summed E-state index contributed by atoms with van der Waals surface area (Å²) in [7, 11) is 0. The van der Waals surface area contributed by atoms with Crippen molar-refractivity contribution >= 4 is 17.7 Å². The number of carbonyl (C=O) groups excluding carboxylic acids is 1. The minimum atomic E-state index is -0.797. The lowest BCUT2D eigenvalue weighted by atomic mass is 9.86. The number of aliphatic carboxylic acids is 1. The number of amides is 2. The van der Waals surface area contributed by atoms with Crippen molar-refractivity contribution in [3.05, 3.63) is 29.8 Å². The molecule has 21 heavy (non-hydrogen) atoms. The molecule has 0 bridgehead atoms. The summed E-state index contributed by atoms with van der Waals surface area (Å²) >= 11 is 0. The molecule has 1 aromatic rings. The van der Waals surface area contributed by atoms with E-state index >= 15 is 0 Å². The maximum atomic E-state index is 11.9. The van der Waals surface area contributed by atoms with Gasteiger partial charge in [0.25, 0.3) is 0 Å². The highest BCUT2D eigenvalue weighted by Gasteiger charge is 2.27. The number of carboxylic acid groups (broad SMARTS) is 1. The fourth-order valence-electron chi connectivity index (χ4n) is 2.53. The molecular formula is C15H17N3O3.